The van der Waals surface area contributed by atoms with Crippen LogP contribution in [0.4, 0.5) is 5.69 Å². The van der Waals surface area contributed by atoms with Crippen LogP contribution in [0.25, 0.3) is 0 Å². The number of methoxy groups -OCH3 is 1. The Bertz CT molecular complexity index is 677. The van der Waals surface area contributed by atoms with Gasteiger partial charge in [0.15, 0.2) is 0 Å². The molecular formula is C15H12BrCl2NO2. The van der Waals surface area contributed by atoms with Gasteiger partial charge in [-0.1, -0.05) is 45.2 Å². The largest absolute Gasteiger partial charge is 0.465 e. The average Bonchev–Trinajstić information content (AvgIpc) is 2.47. The lowest BCUT2D eigenvalue weighted by atomic mass is 10.2. The van der Waals surface area contributed by atoms with Gasteiger partial charge in [0.05, 0.1) is 17.7 Å². The number of benzene rings is 2. The number of halogens is 3. The highest BCUT2D eigenvalue weighted by Crippen LogP contribution is 2.24. The van der Waals surface area contributed by atoms with Gasteiger partial charge in [0, 0.05) is 21.7 Å². The van der Waals surface area contributed by atoms with Gasteiger partial charge in [0.25, 0.3) is 0 Å². The van der Waals surface area contributed by atoms with Crippen molar-refractivity contribution >= 4 is 50.8 Å². The van der Waals surface area contributed by atoms with E-state index in [4.69, 9.17) is 23.2 Å². The Kier molecular flexibility index (Phi) is 5.51. The molecule has 0 aliphatic heterocycles. The summed E-state index contributed by atoms with van der Waals surface area (Å²) in [7, 11) is 1.32. The fourth-order valence-electron chi connectivity index (χ4n) is 1.76. The van der Waals surface area contributed by atoms with Crippen LogP contribution in [0.15, 0.2) is 40.9 Å². The van der Waals surface area contributed by atoms with Crippen molar-refractivity contribution in [2.24, 2.45) is 0 Å². The Hall–Kier alpha value is -1.23. The average molecular weight is 389 g/mol. The predicted molar refractivity (Wildman–Crippen MR) is 89.3 cm³/mol. The van der Waals surface area contributed by atoms with Gasteiger partial charge in [-0.05, 0) is 35.9 Å². The number of carbonyl (C=O) groups is 1. The number of rotatable bonds is 4. The summed E-state index contributed by atoms with van der Waals surface area (Å²) in [6.45, 7) is 0.536. The molecule has 0 bridgehead atoms. The third-order valence-electron chi connectivity index (χ3n) is 2.87. The molecule has 6 heteroatoms. The van der Waals surface area contributed by atoms with E-state index in [9.17, 15) is 4.79 Å². The van der Waals surface area contributed by atoms with Crippen LogP contribution in [0.1, 0.15) is 15.9 Å². The van der Waals surface area contributed by atoms with Crippen molar-refractivity contribution in [2.75, 3.05) is 12.4 Å². The van der Waals surface area contributed by atoms with E-state index >= 15 is 0 Å². The van der Waals surface area contributed by atoms with E-state index in [-0.39, 0.29) is 0 Å². The number of hydrogen-bond acceptors (Lipinski definition) is 3. The van der Waals surface area contributed by atoms with Gasteiger partial charge in [0.2, 0.25) is 0 Å². The minimum atomic E-state index is -0.467. The van der Waals surface area contributed by atoms with E-state index in [1.54, 1.807) is 18.2 Å². The van der Waals surface area contributed by atoms with Gasteiger partial charge in [-0.25, -0.2) is 4.79 Å². The summed E-state index contributed by atoms with van der Waals surface area (Å²) in [5.74, 6) is -0.467. The quantitative estimate of drug-likeness (QED) is 0.735. The van der Waals surface area contributed by atoms with Crippen LogP contribution in [0.5, 0.6) is 0 Å². The first kappa shape index (κ1) is 16.1. The summed E-state index contributed by atoms with van der Waals surface area (Å²) in [5.41, 5.74) is 2.04. The lowest BCUT2D eigenvalue weighted by Gasteiger charge is -2.10. The first-order valence-electron chi connectivity index (χ1n) is 6.07. The summed E-state index contributed by atoms with van der Waals surface area (Å²) in [6.07, 6.45) is 0. The van der Waals surface area contributed by atoms with Crippen LogP contribution in [-0.2, 0) is 11.3 Å². The molecule has 3 nitrogen and oxygen atoms in total. The van der Waals surface area contributed by atoms with Crippen molar-refractivity contribution in [3.05, 3.63) is 62.0 Å². The van der Waals surface area contributed by atoms with Gasteiger partial charge in [-0.3, -0.25) is 0 Å². The maximum Gasteiger partial charge on any atom is 0.339 e. The number of hydrogen-bond donors (Lipinski definition) is 1. The lowest BCUT2D eigenvalue weighted by Crippen LogP contribution is -2.05. The van der Waals surface area contributed by atoms with E-state index in [1.807, 2.05) is 18.2 Å². The van der Waals surface area contributed by atoms with Crippen molar-refractivity contribution in [1.82, 2.24) is 0 Å². The van der Waals surface area contributed by atoms with Crippen molar-refractivity contribution < 1.29 is 9.53 Å². The fourth-order valence-corrected chi connectivity index (χ4v) is 2.70. The van der Waals surface area contributed by atoms with Crippen molar-refractivity contribution in [2.45, 2.75) is 6.54 Å². The van der Waals surface area contributed by atoms with Gasteiger partial charge in [0.1, 0.15) is 0 Å². The van der Waals surface area contributed by atoms with Crippen molar-refractivity contribution in [1.29, 1.82) is 0 Å². The number of ether oxygens (including phenoxy) is 1. The molecular weight excluding hydrogens is 377 g/mol. The van der Waals surface area contributed by atoms with Gasteiger partial charge in [-0.2, -0.15) is 0 Å². The topological polar surface area (TPSA) is 38.3 Å². The highest BCUT2D eigenvalue weighted by atomic mass is 79.9. The van der Waals surface area contributed by atoms with E-state index in [2.05, 4.69) is 26.0 Å². The zero-order valence-corrected chi connectivity index (χ0v) is 14.2. The second kappa shape index (κ2) is 7.16. The Morgan fingerprint density at radius 1 is 1.19 bits per heavy atom. The lowest BCUT2D eigenvalue weighted by molar-refractivity contribution is 0.0601. The summed E-state index contributed by atoms with van der Waals surface area (Å²) in [6, 6.07) is 10.8. The molecule has 110 valence electrons. The zero-order chi connectivity index (χ0) is 15.4. The molecule has 0 aliphatic carbocycles. The van der Waals surface area contributed by atoms with Gasteiger partial charge < -0.3 is 10.1 Å². The Labute approximate surface area is 141 Å². The van der Waals surface area contributed by atoms with Crippen LogP contribution in [0, 0.1) is 0 Å². The molecule has 0 aromatic heterocycles. The third kappa shape index (κ3) is 4.13. The molecule has 0 radical (unpaired) electrons. The number of carbonyl (C=O) groups excluding carboxylic acids is 1. The van der Waals surface area contributed by atoms with Crippen LogP contribution in [-0.4, -0.2) is 13.1 Å². The number of nitrogens with one attached hydrogen (secondary N) is 1. The summed E-state index contributed by atoms with van der Waals surface area (Å²) >= 11 is 15.5. The first-order valence-corrected chi connectivity index (χ1v) is 7.62. The fraction of sp³-hybridized carbons (Fsp3) is 0.133. The van der Waals surface area contributed by atoms with Crippen molar-refractivity contribution in [3.8, 4) is 0 Å². The molecule has 2 aromatic carbocycles. The molecule has 0 saturated carbocycles. The summed E-state index contributed by atoms with van der Waals surface area (Å²) in [4.78, 5) is 11.6. The molecule has 0 amide bonds. The molecule has 0 heterocycles. The molecule has 0 unspecified atom stereocenters. The number of anilines is 1. The standard InChI is InChI=1S/C15H12BrCl2NO2/c1-21-15(20)12-7-11(4-5-13(12)17)19-8-9-2-3-10(16)6-14(9)18/h2-7,19H,8H2,1H3. The van der Waals surface area contributed by atoms with Crippen LogP contribution >= 0.6 is 39.1 Å². The molecule has 1 N–H and O–H groups in total. The Balaban J connectivity index is 2.15. The maximum atomic E-state index is 11.6. The second-order valence-electron chi connectivity index (χ2n) is 4.28. The maximum absolute atomic E-state index is 11.6. The molecule has 0 spiro atoms. The van der Waals surface area contributed by atoms with E-state index in [1.165, 1.54) is 7.11 Å². The van der Waals surface area contributed by atoms with E-state index < -0.39 is 5.97 Å². The van der Waals surface area contributed by atoms with Gasteiger partial charge >= 0.3 is 5.97 Å². The van der Waals surface area contributed by atoms with Crippen molar-refractivity contribution in [3.63, 3.8) is 0 Å². The summed E-state index contributed by atoms with van der Waals surface area (Å²) in [5, 5.41) is 4.22. The minimum Gasteiger partial charge on any atom is -0.465 e. The van der Waals surface area contributed by atoms with Crippen LogP contribution < -0.4 is 5.32 Å². The highest BCUT2D eigenvalue weighted by molar-refractivity contribution is 9.10. The monoisotopic (exact) mass is 387 g/mol. The van der Waals surface area contributed by atoms with Gasteiger partial charge in [-0.15, -0.1) is 0 Å². The van der Waals surface area contributed by atoms with Crippen LogP contribution in [0.2, 0.25) is 10.0 Å². The normalized spacial score (nSPS) is 10.3. The van der Waals surface area contributed by atoms with E-state index in [0.29, 0.717) is 22.2 Å². The molecule has 21 heavy (non-hydrogen) atoms. The molecule has 2 aromatic rings. The smallest absolute Gasteiger partial charge is 0.339 e. The van der Waals surface area contributed by atoms with E-state index in [0.717, 1.165) is 15.7 Å². The SMILES string of the molecule is COC(=O)c1cc(NCc2ccc(Br)cc2Cl)ccc1Cl. The first-order chi connectivity index (χ1) is 10.0. The molecule has 0 atom stereocenters. The molecule has 0 fully saturated rings. The highest BCUT2D eigenvalue weighted by Gasteiger charge is 2.11. The second-order valence-corrected chi connectivity index (χ2v) is 6.01. The Morgan fingerprint density at radius 2 is 1.95 bits per heavy atom. The molecule has 2 rings (SSSR count). The zero-order valence-electron chi connectivity index (χ0n) is 11.1. The minimum absolute atomic E-state index is 0.325. The third-order valence-corrected chi connectivity index (χ3v) is 4.04. The summed E-state index contributed by atoms with van der Waals surface area (Å²) < 4.78 is 5.62. The van der Waals surface area contributed by atoms with Crippen LogP contribution in [0.3, 0.4) is 0 Å². The molecule has 0 aliphatic rings. The Morgan fingerprint density at radius 3 is 2.62 bits per heavy atom. The number of esters is 1. The predicted octanol–water partition coefficient (Wildman–Crippen LogP) is 5.15. The molecule has 0 saturated heterocycles.